The number of allylic oxidation sites excluding steroid dienone is 6. The normalized spacial score (nSPS) is 32.4. The first-order valence-electron chi connectivity index (χ1n) is 45.3. The van der Waals surface area contributed by atoms with E-state index in [9.17, 15) is 82.4 Å². The zero-order valence-electron chi connectivity index (χ0n) is 78.9. The van der Waals surface area contributed by atoms with Crippen molar-refractivity contribution in [2.45, 2.75) is 266 Å². The van der Waals surface area contributed by atoms with Gasteiger partial charge in [-0.3, -0.25) is 67.3 Å². The lowest BCUT2D eigenvalue weighted by molar-refractivity contribution is -0.188. The number of ether oxygens (including phenoxy) is 10. The van der Waals surface area contributed by atoms with Crippen LogP contribution in [0.15, 0.2) is 84.0 Å². The Labute approximate surface area is 801 Å². The zero-order valence-corrected chi connectivity index (χ0v) is 82.1. The van der Waals surface area contributed by atoms with Crippen molar-refractivity contribution in [3.8, 4) is 11.5 Å². The van der Waals surface area contributed by atoms with E-state index >= 15 is 0 Å². The van der Waals surface area contributed by atoms with Crippen molar-refractivity contribution < 1.29 is 135 Å². The lowest BCUT2D eigenvalue weighted by Crippen LogP contribution is -2.53. The van der Waals surface area contributed by atoms with Crippen LogP contribution in [0, 0.1) is 35.5 Å². The number of thiol groups is 1. The van der Waals surface area contributed by atoms with Crippen LogP contribution >= 0.6 is 47.6 Å². The Morgan fingerprint density at radius 1 is 0.575 bits per heavy atom. The third-order valence-corrected chi connectivity index (χ3v) is 30.1. The molecule has 8 bridgehead atoms. The molecular weight excluding hydrogens is 1820 g/mol. The number of aliphatic hydroxyl groups is 2. The standard InChI is InChI=1S/C48H64ClN3O14S.C36H49ClN2O10S.C12H15NO4/c1-26-10-9-11-36(63-8)48(61)23-34(64-41(56)24-48)27(2)43-47(4,66-43)37(22-39(54)51(6)32-19-30(18-26)20-33(62-7)42(32)49)65-46(60)28(3)50(5)38(53)16-17-67-35-21-40(55)52(44(35)57)25-29-12-14-31(15-13-29)45(58)59;1-20-10-9-11-27(46-8)36(44)18-26(47-31(42)19-36)21(2)33-35(4,49-33)28(48-34(43)22(3)38(5)29(40)12-13-50)17-30(41)39(6)24-15-23(14-20)16-25(45-7)32(24)37;14-10-5-6-11(15)13(10)7-8-1-3-9(4-2-8)12(16)17/h9-11,19-20,27-29,31,34-37,43,61H,12-18,21-25H2,1-8H3,(H,58,59);9-11,15-16,21-22,26-28,33,44,50H,12-14,17-19H2,1-8H3;5-6,8-9H,1-4,7H2,(H,16,17)/b11-9+,26-10+;11-9+,20-10+;/t27-,28+,29?,31?,34+,35?,36-,37+,43+,47+,48-;21-,22+,26+,27-,28+,33+,35+,36-;/m11./s1. The Kier molecular flexibility index (Phi) is 36.5. The summed E-state index contributed by atoms with van der Waals surface area (Å²) < 4.78 is 58.8. The van der Waals surface area contributed by atoms with Gasteiger partial charge in [-0.05, 0) is 159 Å². The van der Waals surface area contributed by atoms with E-state index in [-0.39, 0.29) is 127 Å². The number of nitrogens with zero attached hydrogens (tertiary/aromatic N) is 6. The molecule has 8 aliphatic heterocycles. The molecule has 1 unspecified atom stereocenters. The molecule has 0 radical (unpaired) electrons. The number of carbonyl (C=O) groups excluding carboxylic acids is 12. The maximum absolute atomic E-state index is 14.3. The molecule has 2 aliphatic carbocycles. The highest BCUT2D eigenvalue weighted by molar-refractivity contribution is 8.00. The molecule has 5 saturated heterocycles. The molecule has 8 heterocycles. The first-order chi connectivity index (χ1) is 63.2. The largest absolute Gasteiger partial charge is 0.495 e. The predicted molar refractivity (Wildman–Crippen MR) is 497 cm³/mol. The number of carboxylic acid groups (broad SMARTS) is 2. The molecule has 0 aromatic heterocycles. The van der Waals surface area contributed by atoms with Crippen molar-refractivity contribution in [1.82, 2.24) is 19.6 Å². The summed E-state index contributed by atoms with van der Waals surface area (Å²) >= 11 is 18.9. The number of hydrogen-bond acceptors (Lipinski definition) is 28. The number of imide groups is 2. The van der Waals surface area contributed by atoms with Gasteiger partial charge in [0.15, 0.2) is 0 Å². The third kappa shape index (κ3) is 25.6. The smallest absolute Gasteiger partial charge is 0.328 e. The molecule has 0 spiro atoms. The molecule has 8 amide bonds. The summed E-state index contributed by atoms with van der Waals surface area (Å²) in [5, 5.41) is 41.7. The maximum atomic E-state index is 14.3. The van der Waals surface area contributed by atoms with E-state index in [1.807, 2.05) is 32.9 Å². The molecule has 2 aromatic rings. The van der Waals surface area contributed by atoms with Gasteiger partial charge in [0, 0.05) is 117 Å². The van der Waals surface area contributed by atoms with E-state index in [4.69, 9.17) is 75.7 Å². The van der Waals surface area contributed by atoms with E-state index in [0.29, 0.717) is 86.5 Å². The first-order valence-corrected chi connectivity index (χ1v) is 47.8. The van der Waals surface area contributed by atoms with Crippen LogP contribution in [0.3, 0.4) is 0 Å². The van der Waals surface area contributed by atoms with E-state index < -0.39 is 160 Å². The molecule has 4 N–H and O–H groups in total. The monoisotopic (exact) mass is 1950 g/mol. The fourth-order valence-corrected chi connectivity index (χ4v) is 20.9. The Hall–Kier alpha value is -9.24. The van der Waals surface area contributed by atoms with Gasteiger partial charge in [-0.2, -0.15) is 12.6 Å². The number of carbonyl (C=O) groups is 14. The van der Waals surface area contributed by atoms with Crippen LogP contribution in [0.1, 0.15) is 176 Å². The number of likely N-dealkylation sites (tertiary alicyclic amines) is 1. The first kappa shape index (κ1) is 107. The maximum Gasteiger partial charge on any atom is 0.328 e. The van der Waals surface area contributed by atoms with Crippen molar-refractivity contribution in [2.75, 3.05) is 91.0 Å². The molecule has 7 fully saturated rings. The number of carboxylic acids is 2. The number of halogens is 2. The molecule has 2 saturated carbocycles. The minimum Gasteiger partial charge on any atom is -0.495 e. The second kappa shape index (κ2) is 45.8. The van der Waals surface area contributed by atoms with E-state index in [0.717, 1.165) is 35.1 Å². The number of amides is 8. The number of hydrogen-bond donors (Lipinski definition) is 5. The highest BCUT2D eigenvalue weighted by Gasteiger charge is 2.67. The van der Waals surface area contributed by atoms with Crippen LogP contribution in [-0.4, -0.2) is 293 Å². The SMILES string of the molecule is COc1cc2cc(c1Cl)N(C)C(=O)C[C@H](OC(=O)[C@H](C)N(C)C(=O)CCS)[C@]1(C)O[C@H]1[C@H](C)[C@@H]1C[C@@](O)(CC(=O)O1)[C@H](OC)/C=C/C=C(\C)C2.COc1cc2cc(c1Cl)N(C)C(=O)C[C@H](OC(=O)[C@H](C)N(C)C(=O)CCSC1CC(=O)N(CC3CCC(C(=O)O)CC3)C1=O)[C@]1(C)O[C@H]1[C@H](C)[C@@H]1C[C@@](O)(CC(=O)O1)[C@H](OC)/C=C/C=C(\C)C2.O=C(O)C1CCC(CN2C(=O)C=CC2=O)CC1. The highest BCUT2D eigenvalue weighted by Crippen LogP contribution is 2.53. The van der Waals surface area contributed by atoms with Crippen LogP contribution < -0.4 is 19.3 Å². The van der Waals surface area contributed by atoms with Gasteiger partial charge in [0.2, 0.25) is 35.4 Å². The minimum absolute atomic E-state index is 0.00768. The summed E-state index contributed by atoms with van der Waals surface area (Å²) in [5.74, 6) is -7.18. The Morgan fingerprint density at radius 2 is 0.963 bits per heavy atom. The Balaban J connectivity index is 0.000000242. The molecule has 736 valence electrons. The fraction of sp³-hybridized carbons (Fsp3) is 0.625. The van der Waals surface area contributed by atoms with Gasteiger partial charge in [0.1, 0.15) is 92.7 Å². The molecule has 134 heavy (non-hydrogen) atoms. The number of anilines is 2. The Bertz CT molecular complexity index is 4900. The number of esters is 4. The highest BCUT2D eigenvalue weighted by atomic mass is 35.5. The van der Waals surface area contributed by atoms with Gasteiger partial charge in [-0.25, -0.2) is 9.59 Å². The van der Waals surface area contributed by atoms with E-state index in [1.54, 1.807) is 90.4 Å². The van der Waals surface area contributed by atoms with Crippen LogP contribution in [0.25, 0.3) is 0 Å². The quantitative estimate of drug-likeness (QED) is 0.0240. The van der Waals surface area contributed by atoms with Crippen molar-refractivity contribution in [3.05, 3.63) is 105 Å². The van der Waals surface area contributed by atoms with Crippen molar-refractivity contribution in [2.24, 2.45) is 35.5 Å². The van der Waals surface area contributed by atoms with Gasteiger partial charge < -0.3 is 87.4 Å². The summed E-state index contributed by atoms with van der Waals surface area (Å²) in [6.07, 6.45) is 11.2. The Morgan fingerprint density at radius 3 is 1.34 bits per heavy atom. The van der Waals surface area contributed by atoms with Gasteiger partial charge in [-0.1, -0.05) is 84.7 Å². The number of epoxide rings is 2. The molecule has 12 rings (SSSR count). The number of methoxy groups -OCH3 is 4. The van der Waals surface area contributed by atoms with Gasteiger partial charge in [0.25, 0.3) is 11.8 Å². The minimum atomic E-state index is -1.63. The van der Waals surface area contributed by atoms with E-state index in [2.05, 4.69) is 12.6 Å². The average Bonchev–Trinajstić information content (AvgIpc) is 1.57. The molecular formula is C96H128Cl2N6O28S2. The van der Waals surface area contributed by atoms with E-state index in [1.165, 1.54) is 103 Å². The number of aliphatic carboxylic acids is 2. The number of rotatable bonds is 22. The topological polar surface area (TPSA) is 438 Å². The summed E-state index contributed by atoms with van der Waals surface area (Å²) in [6, 6.07) is 5.06. The molecule has 2 aromatic carbocycles. The zero-order chi connectivity index (χ0) is 98.7. The van der Waals surface area contributed by atoms with Gasteiger partial charge in [0.05, 0.1) is 80.6 Å². The second-order valence-electron chi connectivity index (χ2n) is 37.3. The van der Waals surface area contributed by atoms with Gasteiger partial charge >= 0.3 is 35.8 Å². The summed E-state index contributed by atoms with van der Waals surface area (Å²) in [7, 11) is 12.0. The van der Waals surface area contributed by atoms with Crippen LogP contribution in [0.2, 0.25) is 10.0 Å². The molecule has 34 nitrogen and oxygen atoms in total. The lowest BCUT2D eigenvalue weighted by atomic mass is 9.78. The number of fused-ring (bicyclic) bond motifs is 10. The molecule has 17 atom stereocenters. The van der Waals surface area contributed by atoms with Gasteiger partial charge in [-0.15, -0.1) is 11.8 Å². The lowest BCUT2D eigenvalue weighted by Gasteiger charge is -2.41. The predicted octanol–water partition coefficient (Wildman–Crippen LogP) is 9.79. The summed E-state index contributed by atoms with van der Waals surface area (Å²) in [4.78, 5) is 187. The van der Waals surface area contributed by atoms with Crippen LogP contribution in [-0.2, 0) is 118 Å². The molecule has 10 aliphatic rings. The van der Waals surface area contributed by atoms with Crippen LogP contribution in [0.5, 0.6) is 11.5 Å². The number of benzene rings is 2. The van der Waals surface area contributed by atoms with Crippen LogP contribution in [0.4, 0.5) is 11.4 Å². The van der Waals surface area contributed by atoms with Crippen molar-refractivity contribution in [1.29, 1.82) is 0 Å². The number of likely N-dealkylation sites (N-methyl/N-ethyl adjacent to an activating group) is 2. The average molecular weight is 1950 g/mol. The summed E-state index contributed by atoms with van der Waals surface area (Å²) in [6.45, 7) is 14.6. The van der Waals surface area contributed by atoms with Crippen molar-refractivity contribution in [3.63, 3.8) is 0 Å². The molecule has 38 heteroatoms. The second-order valence-corrected chi connectivity index (χ2v) is 39.8. The third-order valence-electron chi connectivity index (χ3n) is 27.9. The van der Waals surface area contributed by atoms with Crippen molar-refractivity contribution >= 4 is 142 Å². The summed E-state index contributed by atoms with van der Waals surface area (Å²) in [5.41, 5.74) is -1.44. The number of thioether (sulfide) groups is 1. The fourth-order valence-electron chi connectivity index (χ4n) is 19.0.